The Morgan fingerprint density at radius 3 is 2.65 bits per heavy atom. The minimum absolute atomic E-state index is 0.0123. The molecular weight excluding hydrogens is 300 g/mol. The van der Waals surface area contributed by atoms with Gasteiger partial charge in [-0.2, -0.15) is 0 Å². The third-order valence-electron chi connectivity index (χ3n) is 2.20. The second-order valence-electron chi connectivity index (χ2n) is 3.73. The summed E-state index contributed by atoms with van der Waals surface area (Å²) < 4.78 is 0.737. The van der Waals surface area contributed by atoms with Gasteiger partial charge in [0.05, 0.1) is 10.7 Å². The Morgan fingerprint density at radius 2 is 2.10 bits per heavy atom. The number of aryl methyl sites for hydroxylation is 1. The molecule has 0 radical (unpaired) electrons. The zero-order valence-electron chi connectivity index (χ0n) is 10.4. The first-order chi connectivity index (χ1) is 9.54. The molecule has 0 fully saturated rings. The molecule has 1 amide bonds. The maximum absolute atomic E-state index is 11.7. The number of benzene rings is 1. The van der Waals surface area contributed by atoms with E-state index in [9.17, 15) is 14.9 Å². The van der Waals surface area contributed by atoms with Crippen molar-refractivity contribution in [1.82, 2.24) is 10.2 Å². The average Bonchev–Trinajstić information content (AvgIpc) is 2.83. The molecular formula is C11H10N4O3S2. The number of anilines is 1. The van der Waals surface area contributed by atoms with Crippen LogP contribution in [-0.4, -0.2) is 26.8 Å². The molecule has 1 N–H and O–H groups in total. The summed E-state index contributed by atoms with van der Waals surface area (Å²) in [6, 6.07) is 5.68. The van der Waals surface area contributed by atoms with Crippen molar-refractivity contribution in [1.29, 1.82) is 0 Å². The molecule has 7 nitrogen and oxygen atoms in total. The Balaban J connectivity index is 1.86. The van der Waals surface area contributed by atoms with Gasteiger partial charge in [-0.05, 0) is 19.1 Å². The Kier molecular flexibility index (Phi) is 4.64. The predicted molar refractivity (Wildman–Crippen MR) is 77.1 cm³/mol. The number of hydrogen-bond donors (Lipinski definition) is 1. The van der Waals surface area contributed by atoms with Crippen molar-refractivity contribution in [3.63, 3.8) is 0 Å². The lowest BCUT2D eigenvalue weighted by molar-refractivity contribution is -0.384. The van der Waals surface area contributed by atoms with Gasteiger partial charge >= 0.3 is 0 Å². The number of nitrogens with one attached hydrogen (secondary N) is 1. The highest BCUT2D eigenvalue weighted by atomic mass is 32.2. The molecule has 104 valence electrons. The number of thioether (sulfide) groups is 1. The van der Waals surface area contributed by atoms with Crippen LogP contribution in [0.1, 0.15) is 5.01 Å². The monoisotopic (exact) mass is 310 g/mol. The van der Waals surface area contributed by atoms with Crippen LogP contribution in [0, 0.1) is 17.0 Å². The second kappa shape index (κ2) is 6.44. The predicted octanol–water partition coefficient (Wildman–Crippen LogP) is 2.49. The number of nitro benzene ring substituents is 1. The fraction of sp³-hybridized carbons (Fsp3) is 0.182. The van der Waals surface area contributed by atoms with Crippen molar-refractivity contribution < 1.29 is 9.72 Å². The molecule has 0 spiro atoms. The van der Waals surface area contributed by atoms with E-state index in [0.717, 1.165) is 9.35 Å². The van der Waals surface area contributed by atoms with E-state index in [0.29, 0.717) is 5.69 Å². The molecule has 20 heavy (non-hydrogen) atoms. The van der Waals surface area contributed by atoms with Gasteiger partial charge in [-0.3, -0.25) is 14.9 Å². The summed E-state index contributed by atoms with van der Waals surface area (Å²) in [5, 5.41) is 21.8. The van der Waals surface area contributed by atoms with Crippen molar-refractivity contribution in [3.05, 3.63) is 39.4 Å². The van der Waals surface area contributed by atoms with E-state index in [1.54, 1.807) is 0 Å². The molecule has 0 atom stereocenters. The molecule has 2 rings (SSSR count). The molecule has 0 saturated carbocycles. The number of aromatic nitrogens is 2. The van der Waals surface area contributed by atoms with Crippen LogP contribution < -0.4 is 5.32 Å². The summed E-state index contributed by atoms with van der Waals surface area (Å²) in [7, 11) is 0. The highest BCUT2D eigenvalue weighted by Crippen LogP contribution is 2.22. The lowest BCUT2D eigenvalue weighted by Gasteiger charge is -2.03. The van der Waals surface area contributed by atoms with Crippen LogP contribution in [-0.2, 0) is 4.79 Å². The lowest BCUT2D eigenvalue weighted by Crippen LogP contribution is -2.13. The molecule has 0 unspecified atom stereocenters. The van der Waals surface area contributed by atoms with E-state index in [1.807, 2.05) is 6.92 Å². The van der Waals surface area contributed by atoms with Gasteiger partial charge in [0.2, 0.25) is 5.91 Å². The van der Waals surface area contributed by atoms with E-state index in [-0.39, 0.29) is 17.3 Å². The maximum atomic E-state index is 11.7. The largest absolute Gasteiger partial charge is 0.325 e. The van der Waals surface area contributed by atoms with Crippen molar-refractivity contribution in [2.75, 3.05) is 11.1 Å². The molecule has 2 aromatic rings. The molecule has 1 aromatic carbocycles. The first kappa shape index (κ1) is 14.4. The van der Waals surface area contributed by atoms with Crippen molar-refractivity contribution >= 4 is 40.4 Å². The Bertz CT molecular complexity index is 627. The number of carbonyl (C=O) groups excluding carboxylic acids is 1. The molecule has 0 aliphatic carbocycles. The van der Waals surface area contributed by atoms with Gasteiger partial charge in [-0.1, -0.05) is 23.1 Å². The van der Waals surface area contributed by atoms with Gasteiger partial charge in [0, 0.05) is 17.8 Å². The highest BCUT2D eigenvalue weighted by molar-refractivity contribution is 8.01. The minimum atomic E-state index is -0.487. The van der Waals surface area contributed by atoms with Crippen LogP contribution in [0.5, 0.6) is 0 Å². The van der Waals surface area contributed by atoms with E-state index < -0.39 is 4.92 Å². The molecule has 0 saturated heterocycles. The SMILES string of the molecule is Cc1nnc(SCC(=O)Nc2ccc([N+](=O)[O-])cc2)s1. The zero-order chi connectivity index (χ0) is 14.5. The quantitative estimate of drug-likeness (QED) is 0.517. The van der Waals surface area contributed by atoms with Crippen LogP contribution in [0.2, 0.25) is 0 Å². The van der Waals surface area contributed by atoms with E-state index in [4.69, 9.17) is 0 Å². The minimum Gasteiger partial charge on any atom is -0.325 e. The van der Waals surface area contributed by atoms with Gasteiger partial charge in [-0.15, -0.1) is 10.2 Å². The third-order valence-corrected chi connectivity index (χ3v) is 4.17. The number of nitro groups is 1. The van der Waals surface area contributed by atoms with Crippen molar-refractivity contribution in [3.8, 4) is 0 Å². The maximum Gasteiger partial charge on any atom is 0.269 e. The van der Waals surface area contributed by atoms with Crippen LogP contribution in [0.15, 0.2) is 28.6 Å². The molecule has 1 heterocycles. The summed E-state index contributed by atoms with van der Waals surface area (Å²) in [5.74, 6) is 0.0164. The van der Waals surface area contributed by atoms with Crippen LogP contribution in [0.4, 0.5) is 11.4 Å². The van der Waals surface area contributed by atoms with Crippen molar-refractivity contribution in [2.45, 2.75) is 11.3 Å². The first-order valence-corrected chi connectivity index (χ1v) is 7.32. The average molecular weight is 310 g/mol. The molecule has 1 aromatic heterocycles. The highest BCUT2D eigenvalue weighted by Gasteiger charge is 2.08. The van der Waals surface area contributed by atoms with Crippen LogP contribution in [0.3, 0.4) is 0 Å². The number of rotatable bonds is 5. The molecule has 9 heteroatoms. The van der Waals surface area contributed by atoms with E-state index >= 15 is 0 Å². The fourth-order valence-electron chi connectivity index (χ4n) is 1.33. The zero-order valence-corrected chi connectivity index (χ0v) is 12.0. The van der Waals surface area contributed by atoms with Crippen molar-refractivity contribution in [2.24, 2.45) is 0 Å². The van der Waals surface area contributed by atoms with E-state index in [2.05, 4.69) is 15.5 Å². The van der Waals surface area contributed by atoms with E-state index in [1.165, 1.54) is 47.4 Å². The molecule has 0 aliphatic rings. The summed E-state index contributed by atoms with van der Waals surface area (Å²) in [6.07, 6.45) is 0. The topological polar surface area (TPSA) is 98.0 Å². The molecule has 0 bridgehead atoms. The standard InChI is InChI=1S/C11H10N4O3S2/c1-7-13-14-11(20-7)19-6-10(16)12-8-2-4-9(5-3-8)15(17)18/h2-5H,6H2,1H3,(H,12,16). The van der Waals surface area contributed by atoms with Gasteiger partial charge < -0.3 is 5.32 Å². The normalized spacial score (nSPS) is 10.2. The first-order valence-electron chi connectivity index (χ1n) is 5.52. The number of carbonyl (C=O) groups is 1. The Labute approximate surface area is 122 Å². The van der Waals surface area contributed by atoms with Crippen LogP contribution in [0.25, 0.3) is 0 Å². The smallest absolute Gasteiger partial charge is 0.269 e. The van der Waals surface area contributed by atoms with Gasteiger partial charge in [0.15, 0.2) is 4.34 Å². The summed E-state index contributed by atoms with van der Waals surface area (Å²) in [4.78, 5) is 21.7. The number of amides is 1. The third kappa shape index (κ3) is 4.00. The summed E-state index contributed by atoms with van der Waals surface area (Å²) >= 11 is 2.73. The van der Waals surface area contributed by atoms with Gasteiger partial charge in [0.1, 0.15) is 5.01 Å². The number of hydrogen-bond acceptors (Lipinski definition) is 7. The van der Waals surface area contributed by atoms with Gasteiger partial charge in [0.25, 0.3) is 5.69 Å². The number of non-ortho nitro benzene ring substituents is 1. The Morgan fingerprint density at radius 1 is 1.40 bits per heavy atom. The number of nitrogens with zero attached hydrogens (tertiary/aromatic N) is 3. The summed E-state index contributed by atoms with van der Waals surface area (Å²) in [5.41, 5.74) is 0.511. The Hall–Kier alpha value is -2.00. The fourth-order valence-corrected chi connectivity index (χ4v) is 2.94. The van der Waals surface area contributed by atoms with Gasteiger partial charge in [-0.25, -0.2) is 0 Å². The summed E-state index contributed by atoms with van der Waals surface area (Å²) in [6.45, 7) is 1.85. The van der Waals surface area contributed by atoms with Crippen LogP contribution >= 0.6 is 23.1 Å². The molecule has 0 aliphatic heterocycles. The lowest BCUT2D eigenvalue weighted by atomic mass is 10.3. The second-order valence-corrected chi connectivity index (χ2v) is 6.13.